The van der Waals surface area contributed by atoms with E-state index in [9.17, 15) is 4.79 Å². The minimum Gasteiger partial charge on any atom is -0.464 e. The van der Waals surface area contributed by atoms with Crippen LogP contribution in [0.1, 0.15) is 15.4 Å². The van der Waals surface area contributed by atoms with Gasteiger partial charge >= 0.3 is 5.97 Å². The van der Waals surface area contributed by atoms with Crippen molar-refractivity contribution in [3.63, 3.8) is 0 Å². The van der Waals surface area contributed by atoms with Crippen molar-refractivity contribution < 1.29 is 9.53 Å². The number of methoxy groups -OCH3 is 1. The summed E-state index contributed by atoms with van der Waals surface area (Å²) in [5.74, 6) is -0.199. The van der Waals surface area contributed by atoms with Gasteiger partial charge in [0, 0.05) is 4.88 Å². The van der Waals surface area contributed by atoms with Crippen LogP contribution in [0.2, 0.25) is 0 Å². The van der Waals surface area contributed by atoms with E-state index in [1.54, 1.807) is 15.9 Å². The summed E-state index contributed by atoms with van der Waals surface area (Å²) in [6, 6.07) is 3.96. The molecule has 2 aromatic heterocycles. The maximum Gasteiger partial charge on any atom is 0.360 e. The molecule has 0 radical (unpaired) electrons. The molecule has 2 aromatic rings. The van der Waals surface area contributed by atoms with E-state index in [2.05, 4.69) is 25.7 Å². The summed E-state index contributed by atoms with van der Waals surface area (Å²) in [5, 5.41) is 0. The second-order valence-corrected chi connectivity index (χ2v) is 5.85. The summed E-state index contributed by atoms with van der Waals surface area (Å²) in [5.41, 5.74) is 5.98. The number of halogens is 1. The largest absolute Gasteiger partial charge is 0.464 e. The molecule has 0 aromatic carbocycles. The SMILES string of the molecule is COC(=O)c1ncn(Cc2ccc(Br)s2)c1N. The number of rotatable bonds is 3. The van der Waals surface area contributed by atoms with Crippen LogP contribution in [0.25, 0.3) is 0 Å². The lowest BCUT2D eigenvalue weighted by Crippen LogP contribution is -2.08. The van der Waals surface area contributed by atoms with Crippen molar-refractivity contribution in [3.8, 4) is 0 Å². The summed E-state index contributed by atoms with van der Waals surface area (Å²) < 4.78 is 7.35. The molecule has 0 spiro atoms. The maximum atomic E-state index is 11.3. The van der Waals surface area contributed by atoms with Gasteiger partial charge in [-0.3, -0.25) is 0 Å². The number of hydrogen-bond donors (Lipinski definition) is 1. The Kier molecular flexibility index (Phi) is 3.49. The zero-order valence-electron chi connectivity index (χ0n) is 9.01. The van der Waals surface area contributed by atoms with Gasteiger partial charge in [-0.05, 0) is 28.1 Å². The van der Waals surface area contributed by atoms with Crippen LogP contribution in [-0.2, 0) is 11.3 Å². The Hall–Kier alpha value is -1.34. The molecule has 5 nitrogen and oxygen atoms in total. The molecule has 0 atom stereocenters. The lowest BCUT2D eigenvalue weighted by atomic mass is 10.4. The maximum absolute atomic E-state index is 11.3. The van der Waals surface area contributed by atoms with Crippen molar-refractivity contribution in [3.05, 3.63) is 32.8 Å². The van der Waals surface area contributed by atoms with Crippen molar-refractivity contribution in [1.29, 1.82) is 0 Å². The van der Waals surface area contributed by atoms with Crippen LogP contribution < -0.4 is 5.73 Å². The summed E-state index contributed by atoms with van der Waals surface area (Å²) in [6.07, 6.45) is 1.54. The van der Waals surface area contributed by atoms with E-state index in [0.717, 1.165) is 8.66 Å². The van der Waals surface area contributed by atoms with Crippen LogP contribution in [0, 0.1) is 0 Å². The molecule has 2 N–H and O–H groups in total. The van der Waals surface area contributed by atoms with Crippen molar-refractivity contribution in [2.75, 3.05) is 12.8 Å². The Bertz CT molecular complexity index is 549. The number of ether oxygens (including phenoxy) is 1. The van der Waals surface area contributed by atoms with Gasteiger partial charge in [0.05, 0.1) is 23.8 Å². The number of anilines is 1. The predicted molar refractivity (Wildman–Crippen MR) is 69.1 cm³/mol. The average Bonchev–Trinajstić information content (AvgIpc) is 2.87. The zero-order chi connectivity index (χ0) is 12.4. The molecule has 0 aliphatic carbocycles. The molecule has 90 valence electrons. The molecule has 2 rings (SSSR count). The normalized spacial score (nSPS) is 10.5. The third-order valence-electron chi connectivity index (χ3n) is 2.21. The molecule has 0 saturated carbocycles. The summed E-state index contributed by atoms with van der Waals surface area (Å²) in [6.45, 7) is 0.589. The molecule has 17 heavy (non-hydrogen) atoms. The van der Waals surface area contributed by atoms with Gasteiger partial charge in [-0.15, -0.1) is 11.3 Å². The summed E-state index contributed by atoms with van der Waals surface area (Å²) in [4.78, 5) is 16.4. The standard InChI is InChI=1S/C10H10BrN3O2S/c1-16-10(15)8-9(12)14(5-13-8)4-6-2-3-7(11)17-6/h2-3,5H,4,12H2,1H3. The summed E-state index contributed by atoms with van der Waals surface area (Å²) in [7, 11) is 1.30. The van der Waals surface area contributed by atoms with E-state index in [4.69, 9.17) is 5.73 Å². The smallest absolute Gasteiger partial charge is 0.360 e. The number of nitrogens with two attached hydrogens (primary N) is 1. The number of carbonyl (C=O) groups is 1. The van der Waals surface area contributed by atoms with Crippen molar-refractivity contribution in [1.82, 2.24) is 9.55 Å². The van der Waals surface area contributed by atoms with Crippen LogP contribution in [0.3, 0.4) is 0 Å². The van der Waals surface area contributed by atoms with Gasteiger partial charge in [0.2, 0.25) is 0 Å². The van der Waals surface area contributed by atoms with Gasteiger partial charge in [-0.2, -0.15) is 0 Å². The molecule has 0 aliphatic rings. The van der Waals surface area contributed by atoms with Crippen LogP contribution >= 0.6 is 27.3 Å². The number of carbonyl (C=O) groups excluding carboxylic acids is 1. The topological polar surface area (TPSA) is 70.1 Å². The Morgan fingerprint density at radius 2 is 2.41 bits per heavy atom. The van der Waals surface area contributed by atoms with Gasteiger partial charge < -0.3 is 15.0 Å². The minimum atomic E-state index is -0.520. The van der Waals surface area contributed by atoms with Crippen LogP contribution in [0.4, 0.5) is 5.82 Å². The number of nitrogens with zero attached hydrogens (tertiary/aromatic N) is 2. The monoisotopic (exact) mass is 315 g/mol. The third kappa shape index (κ3) is 2.50. The lowest BCUT2D eigenvalue weighted by molar-refractivity contribution is 0.0596. The average molecular weight is 316 g/mol. The van der Waals surface area contributed by atoms with E-state index in [1.165, 1.54) is 13.4 Å². The van der Waals surface area contributed by atoms with E-state index < -0.39 is 5.97 Å². The molecule has 0 amide bonds. The number of thiophene rings is 1. The van der Waals surface area contributed by atoms with Gasteiger partial charge in [0.25, 0.3) is 0 Å². The fourth-order valence-corrected chi connectivity index (χ4v) is 2.86. The van der Waals surface area contributed by atoms with Crippen LogP contribution in [0.5, 0.6) is 0 Å². The molecule has 0 bridgehead atoms. The van der Waals surface area contributed by atoms with Gasteiger partial charge in [-0.1, -0.05) is 0 Å². The molecular weight excluding hydrogens is 306 g/mol. The minimum absolute atomic E-state index is 0.156. The Morgan fingerprint density at radius 1 is 1.65 bits per heavy atom. The first-order chi connectivity index (χ1) is 8.11. The second-order valence-electron chi connectivity index (χ2n) is 3.30. The highest BCUT2D eigenvalue weighted by Gasteiger charge is 2.16. The van der Waals surface area contributed by atoms with E-state index in [-0.39, 0.29) is 5.69 Å². The van der Waals surface area contributed by atoms with Crippen molar-refractivity contribution in [2.45, 2.75) is 6.54 Å². The Balaban J connectivity index is 2.23. The van der Waals surface area contributed by atoms with Crippen molar-refractivity contribution in [2.24, 2.45) is 0 Å². The Morgan fingerprint density at radius 3 is 3.00 bits per heavy atom. The quantitative estimate of drug-likeness (QED) is 0.881. The molecular formula is C10H10BrN3O2S. The molecule has 0 aliphatic heterocycles. The van der Waals surface area contributed by atoms with Crippen LogP contribution in [-0.4, -0.2) is 22.6 Å². The molecule has 7 heteroatoms. The lowest BCUT2D eigenvalue weighted by Gasteiger charge is -2.03. The third-order valence-corrected chi connectivity index (χ3v) is 3.82. The second kappa shape index (κ2) is 4.89. The highest BCUT2D eigenvalue weighted by atomic mass is 79.9. The van der Waals surface area contributed by atoms with Gasteiger partial charge in [0.1, 0.15) is 5.82 Å². The summed E-state index contributed by atoms with van der Waals surface area (Å²) >= 11 is 5.00. The highest BCUT2D eigenvalue weighted by Crippen LogP contribution is 2.24. The van der Waals surface area contributed by atoms with Gasteiger partial charge in [-0.25, -0.2) is 9.78 Å². The van der Waals surface area contributed by atoms with E-state index >= 15 is 0 Å². The number of esters is 1. The number of imidazole rings is 1. The Labute approximate surface area is 110 Å². The fourth-order valence-electron chi connectivity index (χ4n) is 1.38. The number of nitrogen functional groups attached to an aromatic ring is 1. The fraction of sp³-hybridized carbons (Fsp3) is 0.200. The highest BCUT2D eigenvalue weighted by molar-refractivity contribution is 9.11. The molecule has 0 unspecified atom stereocenters. The van der Waals surface area contributed by atoms with E-state index in [1.807, 2.05) is 12.1 Å². The predicted octanol–water partition coefficient (Wildman–Crippen LogP) is 2.12. The van der Waals surface area contributed by atoms with E-state index in [0.29, 0.717) is 12.4 Å². The van der Waals surface area contributed by atoms with Crippen molar-refractivity contribution >= 4 is 39.1 Å². The molecule has 0 saturated heterocycles. The zero-order valence-corrected chi connectivity index (χ0v) is 11.4. The number of hydrogen-bond acceptors (Lipinski definition) is 5. The molecule has 0 fully saturated rings. The first-order valence-electron chi connectivity index (χ1n) is 4.75. The first-order valence-corrected chi connectivity index (χ1v) is 6.36. The van der Waals surface area contributed by atoms with Gasteiger partial charge in [0.15, 0.2) is 5.69 Å². The first kappa shape index (κ1) is 12.1. The van der Waals surface area contributed by atoms with Crippen LogP contribution in [0.15, 0.2) is 22.2 Å². The molecule has 2 heterocycles. The number of aromatic nitrogens is 2.